The van der Waals surface area contributed by atoms with Crippen LogP contribution in [0.3, 0.4) is 0 Å². The van der Waals surface area contributed by atoms with E-state index in [1.54, 1.807) is 36.4 Å². The van der Waals surface area contributed by atoms with E-state index in [1.807, 2.05) is 30.3 Å². The topological polar surface area (TPSA) is 88.1 Å². The van der Waals surface area contributed by atoms with E-state index in [0.717, 1.165) is 0 Å². The van der Waals surface area contributed by atoms with Crippen molar-refractivity contribution in [3.05, 3.63) is 83.9 Å². The van der Waals surface area contributed by atoms with E-state index in [0.29, 0.717) is 22.9 Å². The molecular weight excluding hydrogens is 428 g/mol. The first-order valence-corrected chi connectivity index (χ1v) is 9.99. The lowest BCUT2D eigenvalue weighted by Crippen LogP contribution is -2.54. The van der Waals surface area contributed by atoms with Gasteiger partial charge >= 0.3 is 0 Å². The highest BCUT2D eigenvalue weighted by molar-refractivity contribution is 7.80. The lowest BCUT2D eigenvalue weighted by molar-refractivity contribution is -0.122. The summed E-state index contributed by atoms with van der Waals surface area (Å²) in [4.78, 5) is 26.9. The minimum Gasteiger partial charge on any atom is -0.507 e. The number of benzene rings is 3. The maximum atomic E-state index is 13.2. The van der Waals surface area contributed by atoms with Crippen LogP contribution in [0.25, 0.3) is 6.08 Å². The largest absolute Gasteiger partial charge is 0.507 e. The number of hydrogen-bond donors (Lipinski definition) is 2. The lowest BCUT2D eigenvalue weighted by atomic mass is 10.1. The van der Waals surface area contributed by atoms with E-state index in [2.05, 4.69) is 5.32 Å². The second-order valence-electron chi connectivity index (χ2n) is 6.76. The first-order valence-electron chi connectivity index (χ1n) is 9.58. The van der Waals surface area contributed by atoms with Crippen LogP contribution in [0.1, 0.15) is 5.56 Å². The Hall–Kier alpha value is -4.17. The number of carbonyl (C=O) groups is 2. The summed E-state index contributed by atoms with van der Waals surface area (Å²) in [6, 6.07) is 20.7. The highest BCUT2D eigenvalue weighted by Crippen LogP contribution is 2.32. The molecule has 0 atom stereocenters. The van der Waals surface area contributed by atoms with Gasteiger partial charge in [-0.2, -0.15) is 0 Å². The Morgan fingerprint density at radius 3 is 2.31 bits per heavy atom. The van der Waals surface area contributed by atoms with Crippen LogP contribution in [0.2, 0.25) is 0 Å². The van der Waals surface area contributed by atoms with Crippen LogP contribution in [-0.4, -0.2) is 29.1 Å². The summed E-state index contributed by atoms with van der Waals surface area (Å²) in [6.07, 6.45) is 1.29. The average Bonchev–Trinajstić information content (AvgIpc) is 2.79. The molecule has 160 valence electrons. The van der Waals surface area contributed by atoms with Gasteiger partial charge < -0.3 is 14.6 Å². The number of carbonyl (C=O) groups excluding carboxylic acids is 2. The van der Waals surface area contributed by atoms with Crippen LogP contribution in [0, 0.1) is 0 Å². The summed E-state index contributed by atoms with van der Waals surface area (Å²) in [7, 11) is 1.43. The van der Waals surface area contributed by atoms with Crippen molar-refractivity contribution in [3.8, 4) is 23.0 Å². The minimum atomic E-state index is -0.661. The molecule has 1 saturated heterocycles. The quantitative estimate of drug-likeness (QED) is 0.350. The molecule has 1 fully saturated rings. The predicted octanol–water partition coefficient (Wildman–Crippen LogP) is 4.02. The second kappa shape index (κ2) is 8.91. The maximum absolute atomic E-state index is 13.2. The van der Waals surface area contributed by atoms with Crippen LogP contribution in [0.4, 0.5) is 5.69 Å². The standard InChI is InChI=1S/C24H18N2O5S/c1-30-21-9-5-8-20(27)18(21)14-19-22(28)25-24(32)26(23(19)29)15-10-12-17(13-11-15)31-16-6-3-2-4-7-16/h2-14,27H,1H3,(H,25,28,32)/b19-14+. The number of amides is 2. The third kappa shape index (κ3) is 4.17. The number of nitrogens with one attached hydrogen (secondary N) is 1. The molecule has 4 rings (SSSR count). The Morgan fingerprint density at radius 1 is 0.938 bits per heavy atom. The van der Waals surface area contributed by atoms with Gasteiger partial charge in [0, 0.05) is 0 Å². The number of phenolic OH excluding ortho intramolecular Hbond substituents is 1. The van der Waals surface area contributed by atoms with E-state index in [-0.39, 0.29) is 22.0 Å². The molecule has 0 aromatic heterocycles. The third-order valence-corrected chi connectivity index (χ3v) is 5.01. The van der Waals surface area contributed by atoms with Crippen molar-refractivity contribution in [1.82, 2.24) is 5.32 Å². The summed E-state index contributed by atoms with van der Waals surface area (Å²) in [6.45, 7) is 0. The van der Waals surface area contributed by atoms with Crippen LogP contribution in [0.5, 0.6) is 23.0 Å². The van der Waals surface area contributed by atoms with Crippen LogP contribution in [0.15, 0.2) is 78.4 Å². The fourth-order valence-electron chi connectivity index (χ4n) is 3.18. The highest BCUT2D eigenvalue weighted by atomic mass is 32.1. The Bertz CT molecular complexity index is 1220. The summed E-state index contributed by atoms with van der Waals surface area (Å²) < 4.78 is 11.0. The van der Waals surface area contributed by atoms with E-state index >= 15 is 0 Å². The highest BCUT2D eigenvalue weighted by Gasteiger charge is 2.35. The molecule has 0 aliphatic carbocycles. The van der Waals surface area contributed by atoms with Gasteiger partial charge in [-0.1, -0.05) is 24.3 Å². The first kappa shape index (κ1) is 21.1. The number of rotatable bonds is 5. The van der Waals surface area contributed by atoms with Crippen molar-refractivity contribution < 1.29 is 24.2 Å². The number of methoxy groups -OCH3 is 1. The van der Waals surface area contributed by atoms with Gasteiger partial charge in [-0.3, -0.25) is 19.8 Å². The number of anilines is 1. The van der Waals surface area contributed by atoms with Crippen molar-refractivity contribution >= 4 is 40.9 Å². The third-order valence-electron chi connectivity index (χ3n) is 4.73. The van der Waals surface area contributed by atoms with Crippen LogP contribution >= 0.6 is 12.2 Å². The average molecular weight is 446 g/mol. The van der Waals surface area contributed by atoms with Gasteiger partial charge in [0.2, 0.25) is 0 Å². The molecule has 0 saturated carbocycles. The van der Waals surface area contributed by atoms with Gasteiger partial charge in [0.25, 0.3) is 11.8 Å². The number of nitrogens with zero attached hydrogens (tertiary/aromatic N) is 1. The second-order valence-corrected chi connectivity index (χ2v) is 7.15. The zero-order chi connectivity index (χ0) is 22.7. The van der Waals surface area contributed by atoms with Crippen LogP contribution in [-0.2, 0) is 9.59 Å². The summed E-state index contributed by atoms with van der Waals surface area (Å²) in [5.74, 6) is 0.166. The number of thiocarbonyl (C=S) groups is 1. The lowest BCUT2D eigenvalue weighted by Gasteiger charge is -2.29. The zero-order valence-corrected chi connectivity index (χ0v) is 17.8. The number of ether oxygens (including phenoxy) is 2. The Kier molecular flexibility index (Phi) is 5.87. The molecule has 7 nitrogen and oxygen atoms in total. The Balaban J connectivity index is 1.64. The van der Waals surface area contributed by atoms with Crippen molar-refractivity contribution in [3.63, 3.8) is 0 Å². The normalized spacial score (nSPS) is 15.0. The molecule has 3 aromatic rings. The molecule has 32 heavy (non-hydrogen) atoms. The molecule has 2 N–H and O–H groups in total. The van der Waals surface area contributed by atoms with Gasteiger partial charge in [-0.05, 0) is 66.8 Å². The fourth-order valence-corrected chi connectivity index (χ4v) is 3.46. The Labute approximate surface area is 189 Å². The summed E-state index contributed by atoms with van der Waals surface area (Å²) >= 11 is 5.23. The molecular formula is C24H18N2O5S. The van der Waals surface area contributed by atoms with E-state index < -0.39 is 11.8 Å². The molecule has 0 radical (unpaired) electrons. The minimum absolute atomic E-state index is 0.0434. The molecule has 1 aliphatic rings. The van der Waals surface area contributed by atoms with Crippen LogP contribution < -0.4 is 19.7 Å². The summed E-state index contributed by atoms with van der Waals surface area (Å²) in [5.41, 5.74) is 0.478. The predicted molar refractivity (Wildman–Crippen MR) is 124 cm³/mol. The smallest absolute Gasteiger partial charge is 0.270 e. The summed E-state index contributed by atoms with van der Waals surface area (Å²) in [5, 5.41) is 12.7. The van der Waals surface area contributed by atoms with E-state index in [1.165, 1.54) is 24.2 Å². The van der Waals surface area contributed by atoms with E-state index in [4.69, 9.17) is 21.7 Å². The molecule has 3 aromatic carbocycles. The maximum Gasteiger partial charge on any atom is 0.270 e. The fraction of sp³-hybridized carbons (Fsp3) is 0.0417. The van der Waals surface area contributed by atoms with Gasteiger partial charge in [-0.15, -0.1) is 0 Å². The van der Waals surface area contributed by atoms with Gasteiger partial charge in [0.1, 0.15) is 28.6 Å². The molecule has 0 spiro atoms. The first-order chi connectivity index (χ1) is 15.5. The van der Waals surface area contributed by atoms with Crippen molar-refractivity contribution in [1.29, 1.82) is 0 Å². The molecule has 0 unspecified atom stereocenters. The van der Waals surface area contributed by atoms with Gasteiger partial charge in [0.15, 0.2) is 5.11 Å². The monoisotopic (exact) mass is 446 g/mol. The number of hydrogen-bond acceptors (Lipinski definition) is 6. The SMILES string of the molecule is COc1cccc(O)c1/C=C1\C(=O)NC(=S)N(c2ccc(Oc3ccccc3)cc2)C1=O. The number of phenols is 1. The number of aromatic hydroxyl groups is 1. The van der Waals surface area contributed by atoms with Crippen molar-refractivity contribution in [2.75, 3.05) is 12.0 Å². The number of para-hydroxylation sites is 1. The molecule has 8 heteroatoms. The molecule has 1 heterocycles. The van der Waals surface area contributed by atoms with Crippen molar-refractivity contribution in [2.24, 2.45) is 0 Å². The zero-order valence-electron chi connectivity index (χ0n) is 16.9. The van der Waals surface area contributed by atoms with Gasteiger partial charge in [0.05, 0.1) is 18.4 Å². The van der Waals surface area contributed by atoms with Crippen molar-refractivity contribution in [2.45, 2.75) is 0 Å². The molecule has 1 aliphatic heterocycles. The van der Waals surface area contributed by atoms with Gasteiger partial charge in [-0.25, -0.2) is 0 Å². The molecule has 2 amide bonds. The van der Waals surface area contributed by atoms with E-state index in [9.17, 15) is 14.7 Å². The Morgan fingerprint density at radius 2 is 1.62 bits per heavy atom. The molecule has 0 bridgehead atoms.